The second kappa shape index (κ2) is 5.56. The Morgan fingerprint density at radius 3 is 2.50 bits per heavy atom. The number of piperidine rings is 1. The van der Waals surface area contributed by atoms with Crippen LogP contribution in [0.1, 0.15) is 26.1 Å². The molecule has 1 aliphatic rings. The minimum atomic E-state index is -0.654. The van der Waals surface area contributed by atoms with E-state index in [1.54, 1.807) is 6.92 Å². The molecule has 1 saturated heterocycles. The van der Waals surface area contributed by atoms with Crippen LogP contribution in [0.4, 0.5) is 5.95 Å². The van der Waals surface area contributed by atoms with Crippen LogP contribution in [0, 0.1) is 28.9 Å². The second-order valence-electron chi connectivity index (χ2n) is 5.62. The molecule has 1 amide bonds. The number of nitrogens with zero attached hydrogens (tertiary/aromatic N) is 5. The van der Waals surface area contributed by atoms with Crippen LogP contribution < -0.4 is 0 Å². The first-order valence-corrected chi connectivity index (χ1v) is 6.70. The van der Waals surface area contributed by atoms with Crippen LogP contribution in [0.15, 0.2) is 0 Å². The number of carbonyl (C=O) groups is 1. The minimum Gasteiger partial charge on any atom is -0.390 e. The van der Waals surface area contributed by atoms with Crippen LogP contribution in [0.5, 0.6) is 0 Å². The number of hydrogen-bond acceptors (Lipinski definition) is 5. The van der Waals surface area contributed by atoms with Crippen molar-refractivity contribution in [3.8, 4) is 0 Å². The maximum absolute atomic E-state index is 12.3. The number of aromatic nitrogens is 3. The molecule has 1 aliphatic heterocycles. The first-order chi connectivity index (χ1) is 9.36. The summed E-state index contributed by atoms with van der Waals surface area (Å²) in [6, 6.07) is 0. The molecule has 2 heterocycles. The number of likely N-dealkylation sites (tertiary alicyclic amines) is 1. The highest BCUT2D eigenvalue weighted by molar-refractivity contribution is 5.76. The number of aryl methyl sites for hydroxylation is 1. The molecule has 0 bridgehead atoms. The van der Waals surface area contributed by atoms with Crippen molar-refractivity contribution in [3.05, 3.63) is 15.9 Å². The van der Waals surface area contributed by atoms with Crippen molar-refractivity contribution in [3.63, 3.8) is 0 Å². The molecule has 0 spiro atoms. The van der Waals surface area contributed by atoms with Gasteiger partial charge in [0.05, 0.1) is 0 Å². The van der Waals surface area contributed by atoms with Crippen molar-refractivity contribution in [2.45, 2.75) is 33.7 Å². The monoisotopic (exact) mass is 281 g/mol. The van der Waals surface area contributed by atoms with Gasteiger partial charge in [-0.15, -0.1) is 0 Å². The number of rotatable bonds is 3. The highest BCUT2D eigenvalue weighted by Crippen LogP contribution is 2.21. The molecule has 2 atom stereocenters. The molecular weight excluding hydrogens is 262 g/mol. The predicted octanol–water partition coefficient (Wildman–Crippen LogP) is 0.999. The van der Waals surface area contributed by atoms with E-state index in [1.165, 1.54) is 4.68 Å². The summed E-state index contributed by atoms with van der Waals surface area (Å²) in [6.45, 7) is 7.34. The summed E-state index contributed by atoms with van der Waals surface area (Å²) in [7, 11) is 0. The van der Waals surface area contributed by atoms with E-state index in [0.717, 1.165) is 19.5 Å². The van der Waals surface area contributed by atoms with Gasteiger partial charge < -0.3 is 15.0 Å². The molecule has 1 aromatic heterocycles. The Morgan fingerprint density at radius 2 is 2.00 bits per heavy atom. The first kappa shape index (κ1) is 14.4. The average Bonchev–Trinajstić information content (AvgIpc) is 2.70. The molecule has 0 saturated carbocycles. The van der Waals surface area contributed by atoms with Crippen LogP contribution in [-0.4, -0.2) is 43.6 Å². The first-order valence-electron chi connectivity index (χ1n) is 6.70. The summed E-state index contributed by atoms with van der Waals surface area (Å²) >= 11 is 0. The Labute approximate surface area is 116 Å². The maximum atomic E-state index is 12.3. The van der Waals surface area contributed by atoms with E-state index < -0.39 is 10.9 Å². The van der Waals surface area contributed by atoms with Gasteiger partial charge in [-0.05, 0) is 28.2 Å². The molecule has 20 heavy (non-hydrogen) atoms. The van der Waals surface area contributed by atoms with Crippen LogP contribution in [0.2, 0.25) is 0 Å². The zero-order valence-electron chi connectivity index (χ0n) is 11.9. The van der Waals surface area contributed by atoms with Gasteiger partial charge in [-0.3, -0.25) is 4.79 Å². The van der Waals surface area contributed by atoms with Crippen molar-refractivity contribution in [2.75, 3.05) is 13.1 Å². The third-order valence-corrected chi connectivity index (χ3v) is 3.52. The molecule has 110 valence electrons. The standard InChI is InChI=1S/C12H19N5O3/c1-8-4-9(2)6-15(5-8)11(18)7-16-10(3)13-12(14-16)17(19)20/h8-9H,4-7H2,1-3H3/t8-,9-/m1/s1. The molecule has 2 rings (SSSR count). The molecule has 0 N–H and O–H groups in total. The minimum absolute atomic E-state index is 0.00606. The number of hydrogen-bond donors (Lipinski definition) is 0. The van der Waals surface area contributed by atoms with E-state index >= 15 is 0 Å². The Kier molecular flexibility index (Phi) is 4.01. The highest BCUT2D eigenvalue weighted by Gasteiger charge is 2.27. The molecule has 8 heteroatoms. The lowest BCUT2D eigenvalue weighted by molar-refractivity contribution is -0.394. The Bertz CT molecular complexity index is 517. The summed E-state index contributed by atoms with van der Waals surface area (Å²) in [5.74, 6) is 0.813. The smallest absolute Gasteiger partial charge is 0.390 e. The predicted molar refractivity (Wildman–Crippen MR) is 70.9 cm³/mol. The van der Waals surface area contributed by atoms with Crippen molar-refractivity contribution >= 4 is 11.9 Å². The van der Waals surface area contributed by atoms with Crippen molar-refractivity contribution in [2.24, 2.45) is 11.8 Å². The van der Waals surface area contributed by atoms with Crippen LogP contribution >= 0.6 is 0 Å². The van der Waals surface area contributed by atoms with Crippen LogP contribution in [0.25, 0.3) is 0 Å². The van der Waals surface area contributed by atoms with Gasteiger partial charge >= 0.3 is 5.95 Å². The van der Waals surface area contributed by atoms with Crippen molar-refractivity contribution < 1.29 is 9.72 Å². The summed E-state index contributed by atoms with van der Waals surface area (Å²) in [5.41, 5.74) is 0. The fraction of sp³-hybridized carbons (Fsp3) is 0.750. The zero-order chi connectivity index (χ0) is 14.9. The molecule has 8 nitrogen and oxygen atoms in total. The Balaban J connectivity index is 2.06. The van der Waals surface area contributed by atoms with Gasteiger partial charge in [-0.25, -0.2) is 0 Å². The summed E-state index contributed by atoms with van der Waals surface area (Å²) in [6.07, 6.45) is 1.12. The van der Waals surface area contributed by atoms with Gasteiger partial charge in [0.1, 0.15) is 6.54 Å². The van der Waals surface area contributed by atoms with Crippen LogP contribution in [-0.2, 0) is 11.3 Å². The second-order valence-corrected chi connectivity index (χ2v) is 5.62. The van der Waals surface area contributed by atoms with E-state index in [1.807, 2.05) is 4.90 Å². The summed E-state index contributed by atoms with van der Waals surface area (Å²) in [4.78, 5) is 27.7. The van der Waals surface area contributed by atoms with E-state index in [4.69, 9.17) is 0 Å². The SMILES string of the molecule is Cc1nc([N+](=O)[O-])nn1CC(=O)N1C[C@H](C)C[C@@H](C)C1. The van der Waals surface area contributed by atoms with Crippen molar-refractivity contribution in [1.29, 1.82) is 0 Å². The number of amides is 1. The lowest BCUT2D eigenvalue weighted by Crippen LogP contribution is -2.44. The topological polar surface area (TPSA) is 94.2 Å². The molecule has 1 fully saturated rings. The van der Waals surface area contributed by atoms with Crippen LogP contribution in [0.3, 0.4) is 0 Å². The van der Waals surface area contributed by atoms with Gasteiger partial charge in [-0.1, -0.05) is 13.8 Å². The molecule has 1 aromatic rings. The lowest BCUT2D eigenvalue weighted by atomic mass is 9.92. The Morgan fingerprint density at radius 1 is 1.40 bits per heavy atom. The third-order valence-electron chi connectivity index (χ3n) is 3.52. The fourth-order valence-corrected chi connectivity index (χ4v) is 2.73. The molecular formula is C12H19N5O3. The van der Waals surface area contributed by atoms with Gasteiger partial charge in [0.15, 0.2) is 0 Å². The van der Waals surface area contributed by atoms with E-state index in [2.05, 4.69) is 23.9 Å². The normalized spacial score (nSPS) is 22.9. The van der Waals surface area contributed by atoms with Gasteiger partial charge in [0.2, 0.25) is 11.7 Å². The fourth-order valence-electron chi connectivity index (χ4n) is 2.73. The van der Waals surface area contributed by atoms with Gasteiger partial charge in [0, 0.05) is 25.1 Å². The summed E-state index contributed by atoms with van der Waals surface area (Å²) in [5, 5.41) is 14.4. The van der Waals surface area contributed by atoms with Crippen molar-refractivity contribution in [1.82, 2.24) is 19.7 Å². The Hall–Kier alpha value is -1.99. The van der Waals surface area contributed by atoms with E-state index in [0.29, 0.717) is 17.7 Å². The van der Waals surface area contributed by atoms with E-state index in [-0.39, 0.29) is 12.5 Å². The molecule has 0 radical (unpaired) electrons. The molecule has 0 aromatic carbocycles. The summed E-state index contributed by atoms with van der Waals surface area (Å²) < 4.78 is 1.30. The molecule has 0 unspecified atom stereocenters. The number of carbonyl (C=O) groups excluding carboxylic acids is 1. The number of nitro groups is 1. The zero-order valence-corrected chi connectivity index (χ0v) is 11.9. The van der Waals surface area contributed by atoms with Gasteiger partial charge in [-0.2, -0.15) is 4.68 Å². The average molecular weight is 281 g/mol. The van der Waals surface area contributed by atoms with Gasteiger partial charge in [0.25, 0.3) is 0 Å². The third kappa shape index (κ3) is 3.12. The lowest BCUT2D eigenvalue weighted by Gasteiger charge is -2.34. The van der Waals surface area contributed by atoms with E-state index in [9.17, 15) is 14.9 Å². The maximum Gasteiger partial charge on any atom is 0.491 e. The quantitative estimate of drug-likeness (QED) is 0.608. The molecule has 0 aliphatic carbocycles. The highest BCUT2D eigenvalue weighted by atomic mass is 16.6. The largest absolute Gasteiger partial charge is 0.491 e.